The third kappa shape index (κ3) is 4.64. The van der Waals surface area contributed by atoms with Gasteiger partial charge in [0.15, 0.2) is 6.10 Å². The third-order valence-electron chi connectivity index (χ3n) is 4.36. The summed E-state index contributed by atoms with van der Waals surface area (Å²) >= 11 is 0. The molecule has 0 aliphatic carbocycles. The number of carbonyl (C=O) groups is 1. The normalized spacial score (nSPS) is 13.4. The van der Waals surface area contributed by atoms with Gasteiger partial charge in [-0.3, -0.25) is 4.98 Å². The number of aromatic nitrogens is 2. The smallest absolute Gasteiger partial charge is 0.344 e. The van der Waals surface area contributed by atoms with E-state index < -0.39 is 18.2 Å². The lowest BCUT2D eigenvalue weighted by Crippen LogP contribution is -2.25. The van der Waals surface area contributed by atoms with Crippen molar-refractivity contribution in [3.05, 3.63) is 60.6 Å². The lowest BCUT2D eigenvalue weighted by molar-refractivity contribution is -0.144. The Hall–Kier alpha value is -2.90. The van der Waals surface area contributed by atoms with Crippen molar-refractivity contribution >= 4 is 16.9 Å². The van der Waals surface area contributed by atoms with Gasteiger partial charge >= 0.3 is 5.97 Å². The average Bonchev–Trinajstić information content (AvgIpc) is 3.10. The van der Waals surface area contributed by atoms with Gasteiger partial charge in [-0.15, -0.1) is 0 Å². The Kier molecular flexibility index (Phi) is 6.05. The molecule has 7 heteroatoms. The standard InChI is InChI=1S/C20H23N3O4/c1-14(20(25)26)27-19-6-2-5-17-16(19)7-10-23(17)11-9-22-13-18(24)15-4-3-8-21-12-15/h2-8,10,12,14,18,22,24H,9,11,13H2,1H3,(H,25,26)/t14-,18+/m0/s1. The highest BCUT2D eigenvalue weighted by Crippen LogP contribution is 2.27. The summed E-state index contributed by atoms with van der Waals surface area (Å²) in [6.07, 6.45) is 3.77. The van der Waals surface area contributed by atoms with E-state index in [1.165, 1.54) is 6.92 Å². The molecule has 3 aromatic rings. The Bertz CT molecular complexity index is 895. The first kappa shape index (κ1) is 18.9. The molecule has 1 aromatic carbocycles. The topological polar surface area (TPSA) is 96.6 Å². The van der Waals surface area contributed by atoms with Gasteiger partial charge in [0, 0.05) is 49.2 Å². The molecular weight excluding hydrogens is 346 g/mol. The summed E-state index contributed by atoms with van der Waals surface area (Å²) in [6, 6.07) is 11.2. The number of carboxylic acid groups (broad SMARTS) is 1. The predicted octanol–water partition coefficient (Wildman–Crippen LogP) is 2.21. The maximum Gasteiger partial charge on any atom is 0.344 e. The van der Waals surface area contributed by atoms with Crippen LogP contribution < -0.4 is 10.1 Å². The van der Waals surface area contributed by atoms with Gasteiger partial charge in [-0.1, -0.05) is 12.1 Å². The second-order valence-electron chi connectivity index (χ2n) is 6.30. The van der Waals surface area contributed by atoms with Crippen LogP contribution in [0.4, 0.5) is 0 Å². The number of pyridine rings is 1. The maximum atomic E-state index is 11.0. The number of aliphatic carboxylic acids is 1. The van der Waals surface area contributed by atoms with Crippen LogP contribution in [0, 0.1) is 0 Å². The summed E-state index contributed by atoms with van der Waals surface area (Å²) in [5.74, 6) is -0.441. The molecule has 0 spiro atoms. The van der Waals surface area contributed by atoms with Crippen LogP contribution in [-0.2, 0) is 11.3 Å². The van der Waals surface area contributed by atoms with Gasteiger partial charge in [0.1, 0.15) is 5.75 Å². The second-order valence-corrected chi connectivity index (χ2v) is 6.30. The zero-order chi connectivity index (χ0) is 19.2. The third-order valence-corrected chi connectivity index (χ3v) is 4.36. The van der Waals surface area contributed by atoms with Crippen molar-refractivity contribution in [1.29, 1.82) is 0 Å². The van der Waals surface area contributed by atoms with E-state index >= 15 is 0 Å². The summed E-state index contributed by atoms with van der Waals surface area (Å²) in [6.45, 7) is 3.34. The first-order chi connectivity index (χ1) is 13.1. The molecule has 2 atom stereocenters. The van der Waals surface area contributed by atoms with E-state index in [2.05, 4.69) is 14.9 Å². The van der Waals surface area contributed by atoms with Gasteiger partial charge in [0.25, 0.3) is 0 Å². The molecule has 0 fully saturated rings. The lowest BCUT2D eigenvalue weighted by Gasteiger charge is -2.13. The summed E-state index contributed by atoms with van der Waals surface area (Å²) in [7, 11) is 0. The Balaban J connectivity index is 1.59. The first-order valence-corrected chi connectivity index (χ1v) is 8.82. The number of hydrogen-bond donors (Lipinski definition) is 3. The summed E-state index contributed by atoms with van der Waals surface area (Å²) in [4.78, 5) is 15.0. The quantitative estimate of drug-likeness (QED) is 0.501. The largest absolute Gasteiger partial charge is 0.479 e. The highest BCUT2D eigenvalue weighted by molar-refractivity contribution is 5.87. The fourth-order valence-corrected chi connectivity index (χ4v) is 2.86. The average molecular weight is 369 g/mol. The van der Waals surface area contributed by atoms with E-state index in [1.54, 1.807) is 24.5 Å². The highest BCUT2D eigenvalue weighted by atomic mass is 16.5. The summed E-state index contributed by atoms with van der Waals surface area (Å²) in [5, 5.41) is 23.3. The number of aliphatic hydroxyl groups is 1. The molecule has 27 heavy (non-hydrogen) atoms. The second kappa shape index (κ2) is 8.66. The number of nitrogens with zero attached hydrogens (tertiary/aromatic N) is 2. The van der Waals surface area contributed by atoms with Crippen LogP contribution in [-0.4, -0.2) is 44.9 Å². The molecule has 3 rings (SSSR count). The summed E-state index contributed by atoms with van der Waals surface area (Å²) < 4.78 is 7.61. The van der Waals surface area contributed by atoms with Crippen molar-refractivity contribution in [1.82, 2.24) is 14.9 Å². The highest BCUT2D eigenvalue weighted by Gasteiger charge is 2.15. The predicted molar refractivity (Wildman–Crippen MR) is 102 cm³/mol. The van der Waals surface area contributed by atoms with Gasteiger partial charge in [-0.2, -0.15) is 0 Å². The molecule has 2 aromatic heterocycles. The lowest BCUT2D eigenvalue weighted by atomic mass is 10.1. The molecular formula is C20H23N3O4. The van der Waals surface area contributed by atoms with Crippen molar-refractivity contribution < 1.29 is 19.7 Å². The fourth-order valence-electron chi connectivity index (χ4n) is 2.86. The number of aliphatic hydroxyl groups excluding tert-OH is 1. The van der Waals surface area contributed by atoms with Gasteiger partial charge in [-0.25, -0.2) is 4.79 Å². The molecule has 0 unspecified atom stereocenters. The molecule has 7 nitrogen and oxygen atoms in total. The van der Waals surface area contributed by atoms with Crippen molar-refractivity contribution in [3.8, 4) is 5.75 Å². The number of fused-ring (bicyclic) bond motifs is 1. The van der Waals surface area contributed by atoms with Gasteiger partial charge < -0.3 is 24.8 Å². The van der Waals surface area contributed by atoms with E-state index in [-0.39, 0.29) is 0 Å². The Morgan fingerprint density at radius 2 is 2.15 bits per heavy atom. The van der Waals surface area contributed by atoms with Crippen molar-refractivity contribution in [2.45, 2.75) is 25.7 Å². The minimum absolute atomic E-state index is 0.440. The number of carboxylic acids is 1. The molecule has 3 N–H and O–H groups in total. The molecule has 0 saturated heterocycles. The van der Waals surface area contributed by atoms with E-state index in [4.69, 9.17) is 9.84 Å². The molecule has 0 aliphatic rings. The van der Waals surface area contributed by atoms with Crippen LogP contribution >= 0.6 is 0 Å². The van der Waals surface area contributed by atoms with E-state index in [1.807, 2.05) is 30.5 Å². The SMILES string of the molecule is C[C@H](Oc1cccc2c1ccn2CCNC[C@@H](O)c1cccnc1)C(=O)O. The summed E-state index contributed by atoms with van der Waals surface area (Å²) in [5.41, 5.74) is 1.76. The number of rotatable bonds is 9. The zero-order valence-electron chi connectivity index (χ0n) is 15.1. The Labute approximate surface area is 157 Å². The molecule has 142 valence electrons. The number of hydrogen-bond acceptors (Lipinski definition) is 5. The van der Waals surface area contributed by atoms with Crippen molar-refractivity contribution in [3.63, 3.8) is 0 Å². The first-order valence-electron chi connectivity index (χ1n) is 8.82. The van der Waals surface area contributed by atoms with Gasteiger partial charge in [-0.05, 0) is 31.2 Å². The van der Waals surface area contributed by atoms with Gasteiger partial charge in [0.2, 0.25) is 0 Å². The van der Waals surface area contributed by atoms with Crippen LogP contribution in [0.2, 0.25) is 0 Å². The van der Waals surface area contributed by atoms with Crippen molar-refractivity contribution in [2.24, 2.45) is 0 Å². The van der Waals surface area contributed by atoms with Crippen LogP contribution in [0.1, 0.15) is 18.6 Å². The maximum absolute atomic E-state index is 11.0. The minimum atomic E-state index is -0.997. The molecule has 0 amide bonds. The minimum Gasteiger partial charge on any atom is -0.479 e. The molecule has 0 bridgehead atoms. The van der Waals surface area contributed by atoms with Gasteiger partial charge in [0.05, 0.1) is 11.6 Å². The molecule has 0 radical (unpaired) electrons. The van der Waals surface area contributed by atoms with E-state index in [0.717, 1.165) is 16.5 Å². The number of benzene rings is 1. The molecule has 0 saturated carbocycles. The van der Waals surface area contributed by atoms with E-state index in [0.29, 0.717) is 25.4 Å². The van der Waals surface area contributed by atoms with Crippen LogP contribution in [0.3, 0.4) is 0 Å². The van der Waals surface area contributed by atoms with Crippen LogP contribution in [0.25, 0.3) is 10.9 Å². The van der Waals surface area contributed by atoms with Crippen LogP contribution in [0.15, 0.2) is 55.0 Å². The monoisotopic (exact) mass is 369 g/mol. The number of ether oxygens (including phenoxy) is 1. The number of nitrogens with one attached hydrogen (secondary N) is 1. The van der Waals surface area contributed by atoms with E-state index in [9.17, 15) is 9.90 Å². The van der Waals surface area contributed by atoms with Crippen LogP contribution in [0.5, 0.6) is 5.75 Å². The Morgan fingerprint density at radius 3 is 2.89 bits per heavy atom. The van der Waals surface area contributed by atoms with Crippen molar-refractivity contribution in [2.75, 3.05) is 13.1 Å². The molecule has 0 aliphatic heterocycles. The molecule has 2 heterocycles. The Morgan fingerprint density at radius 1 is 1.30 bits per heavy atom. The fraction of sp³-hybridized carbons (Fsp3) is 0.300. The zero-order valence-corrected chi connectivity index (χ0v) is 15.1.